The van der Waals surface area contributed by atoms with E-state index < -0.39 is 101 Å². The van der Waals surface area contributed by atoms with E-state index in [-0.39, 0.29) is 74.7 Å². The van der Waals surface area contributed by atoms with Crippen LogP contribution in [0.3, 0.4) is 0 Å². The van der Waals surface area contributed by atoms with Crippen molar-refractivity contribution in [3.05, 3.63) is 95.6 Å². The fraction of sp³-hybridized carbons (Fsp3) is 0.460. The zero-order valence-electron chi connectivity index (χ0n) is 40.0. The first kappa shape index (κ1) is 53.7. The van der Waals surface area contributed by atoms with E-state index in [4.69, 9.17) is 11.5 Å². The number of aromatic amines is 1. The van der Waals surface area contributed by atoms with Gasteiger partial charge >= 0.3 is 6.03 Å². The molecule has 0 unspecified atom stereocenters. The molecule has 3 aromatic rings. The van der Waals surface area contributed by atoms with Gasteiger partial charge in [0.25, 0.3) is 5.91 Å². The Labute approximate surface area is 420 Å². The van der Waals surface area contributed by atoms with Crippen molar-refractivity contribution in [3.8, 4) is 0 Å². The van der Waals surface area contributed by atoms with Gasteiger partial charge in [-0.25, -0.2) is 14.7 Å². The van der Waals surface area contributed by atoms with E-state index in [1.807, 2.05) is 30.3 Å². The predicted octanol–water partition coefficient (Wildman–Crippen LogP) is 2.77. The number of nitrogens with zero attached hydrogens (tertiary/aromatic N) is 3. The largest absolute Gasteiger partial charge is 0.370 e. The number of guanidine groups is 1. The molecule has 0 saturated carbocycles. The monoisotopic (exact) mass is 1010 g/mol. The molecule has 19 nitrogen and oxygen atoms in total. The number of ketones is 4. The highest BCUT2D eigenvalue weighted by Crippen LogP contribution is 2.33. The van der Waals surface area contributed by atoms with Gasteiger partial charge in [0.05, 0.1) is 30.4 Å². The average molecular weight is 1010 g/mol. The summed E-state index contributed by atoms with van der Waals surface area (Å²) in [6.45, 7) is 4.43. The standard InChI is InChI=1S/C50H62N10O9S2/c1-28-42(62)22-35(19-37-24-53-27-55-37)46(66)58-39(18-31-10-5-4-6-11-31)43(63)21-34(13-9-17-54-49(51)52)45(65)59-40(20-33-16-15-32-12-7-8-14-38(32)33)44(64)23-36(30(3)61)25-70-71-26-41(47(67)56-28)60-48(68)29(2)57-50(60)69/h4-8,10-12,14,16,24,27-29,34-36,39-41H,9,13,15,17-23,25-26H2,1-3H3,(H,53,55)(H,56,67)(H,57,69)(H,58,66)(H,59,65)(H4,51,52,54)/t28-,29-,34-,35-,36+,39-,40+,41+/m1/s1. The number of imide groups is 1. The van der Waals surface area contributed by atoms with Gasteiger partial charge in [-0.2, -0.15) is 0 Å². The molecule has 2 fully saturated rings. The van der Waals surface area contributed by atoms with E-state index >= 15 is 0 Å². The number of aromatic nitrogens is 2. The maximum absolute atomic E-state index is 14.7. The number of allylic oxidation sites excluding steroid dienone is 1. The van der Waals surface area contributed by atoms with Gasteiger partial charge in [0.2, 0.25) is 17.7 Å². The number of nitrogens with two attached hydrogens (primary N) is 2. The van der Waals surface area contributed by atoms with E-state index in [2.05, 4.69) is 36.2 Å². The van der Waals surface area contributed by atoms with Gasteiger partial charge in [-0.05, 0) is 68.7 Å². The second-order valence-electron chi connectivity index (χ2n) is 18.2. The Morgan fingerprint density at radius 3 is 2.08 bits per heavy atom. The Hall–Kier alpha value is -6.61. The van der Waals surface area contributed by atoms with Crippen LogP contribution in [0.2, 0.25) is 0 Å². The lowest BCUT2D eigenvalue weighted by atomic mass is 9.88. The van der Waals surface area contributed by atoms with Crippen LogP contribution in [0.15, 0.2) is 78.2 Å². The molecule has 9 N–H and O–H groups in total. The third-order valence-corrected chi connectivity index (χ3v) is 15.4. The maximum Gasteiger partial charge on any atom is 0.325 e. The van der Waals surface area contributed by atoms with E-state index in [0.29, 0.717) is 17.7 Å². The zero-order chi connectivity index (χ0) is 51.2. The minimum atomic E-state index is -1.39. The molecular weight excluding hydrogens is 949 g/mol. The van der Waals surface area contributed by atoms with Crippen LogP contribution in [0.5, 0.6) is 0 Å². The molecule has 0 bridgehead atoms. The van der Waals surface area contributed by atoms with Crippen molar-refractivity contribution in [2.24, 2.45) is 34.2 Å². The van der Waals surface area contributed by atoms with Crippen molar-refractivity contribution in [2.45, 2.75) is 109 Å². The molecule has 1 aliphatic carbocycles. The van der Waals surface area contributed by atoms with Gasteiger partial charge in [0.1, 0.15) is 17.9 Å². The van der Waals surface area contributed by atoms with E-state index in [9.17, 15) is 43.2 Å². The highest BCUT2D eigenvalue weighted by molar-refractivity contribution is 8.76. The first-order valence-corrected chi connectivity index (χ1v) is 26.2. The molecule has 0 spiro atoms. The van der Waals surface area contributed by atoms with Crippen molar-refractivity contribution in [3.63, 3.8) is 0 Å². The number of urea groups is 1. The molecule has 3 heterocycles. The number of aliphatic imine (C=N–C) groups is 1. The molecule has 378 valence electrons. The molecule has 1 aromatic heterocycles. The summed E-state index contributed by atoms with van der Waals surface area (Å²) in [5.74, 6) is -7.56. The second kappa shape index (κ2) is 25.5. The van der Waals surface area contributed by atoms with Gasteiger partial charge in [0, 0.05) is 73.9 Å². The van der Waals surface area contributed by atoms with Gasteiger partial charge < -0.3 is 37.7 Å². The van der Waals surface area contributed by atoms with Crippen molar-refractivity contribution >= 4 is 85.9 Å². The molecule has 21 heteroatoms. The summed E-state index contributed by atoms with van der Waals surface area (Å²) >= 11 is 0. The molecule has 6 rings (SSSR count). The minimum Gasteiger partial charge on any atom is -0.370 e. The van der Waals surface area contributed by atoms with Crippen molar-refractivity contribution in [2.75, 3.05) is 18.1 Å². The first-order valence-electron chi connectivity index (χ1n) is 23.7. The number of fused-ring (bicyclic) bond motifs is 1. The van der Waals surface area contributed by atoms with Crippen LogP contribution in [0.1, 0.15) is 81.7 Å². The molecule has 2 aliphatic heterocycles. The van der Waals surface area contributed by atoms with Crippen LogP contribution in [0.4, 0.5) is 4.79 Å². The highest BCUT2D eigenvalue weighted by atomic mass is 33.1. The molecule has 3 aliphatic rings. The number of carbonyl (C=O) groups is 9. The van der Waals surface area contributed by atoms with Crippen LogP contribution < -0.4 is 32.7 Å². The van der Waals surface area contributed by atoms with Crippen LogP contribution in [0, 0.1) is 17.8 Å². The summed E-state index contributed by atoms with van der Waals surface area (Å²) in [5, 5.41) is 11.0. The summed E-state index contributed by atoms with van der Waals surface area (Å²) < 4.78 is 0. The number of benzene rings is 2. The summed E-state index contributed by atoms with van der Waals surface area (Å²) in [6.07, 6.45) is 5.09. The van der Waals surface area contributed by atoms with Gasteiger partial charge in [-0.3, -0.25) is 43.3 Å². The molecule has 0 radical (unpaired) electrons. The van der Waals surface area contributed by atoms with Crippen LogP contribution in [-0.2, 0) is 57.6 Å². The summed E-state index contributed by atoms with van der Waals surface area (Å²) in [7, 11) is 2.28. The van der Waals surface area contributed by atoms with Crippen molar-refractivity contribution < 1.29 is 43.2 Å². The Balaban J connectivity index is 1.38. The minimum absolute atomic E-state index is 0.00524. The third kappa shape index (κ3) is 15.0. The fourth-order valence-corrected chi connectivity index (χ4v) is 11.4. The number of rotatable bonds is 12. The van der Waals surface area contributed by atoms with Crippen LogP contribution >= 0.6 is 21.6 Å². The van der Waals surface area contributed by atoms with Gasteiger partial charge in [-0.1, -0.05) is 82.3 Å². The summed E-state index contributed by atoms with van der Waals surface area (Å²) in [4.78, 5) is 138. The number of imidazole rings is 1. The van der Waals surface area contributed by atoms with Gasteiger partial charge in [-0.15, -0.1) is 0 Å². The third-order valence-electron chi connectivity index (χ3n) is 12.9. The van der Waals surface area contributed by atoms with Crippen molar-refractivity contribution in [1.82, 2.24) is 36.1 Å². The zero-order valence-corrected chi connectivity index (χ0v) is 41.7. The number of hydrogen-bond acceptors (Lipinski definition) is 13. The number of H-pyrrole nitrogens is 1. The Morgan fingerprint density at radius 2 is 1.41 bits per heavy atom. The second-order valence-corrected chi connectivity index (χ2v) is 20.8. The topological polar surface area (TPSA) is 298 Å². The Kier molecular flexibility index (Phi) is 19.3. The summed E-state index contributed by atoms with van der Waals surface area (Å²) in [5.41, 5.74) is 15.3. The molecule has 6 amide bonds. The lowest BCUT2D eigenvalue weighted by molar-refractivity contribution is -0.137. The van der Waals surface area contributed by atoms with Crippen molar-refractivity contribution in [1.29, 1.82) is 0 Å². The number of carbonyl (C=O) groups excluding carboxylic acids is 9. The molecule has 8 atom stereocenters. The number of Topliss-reactive ketones (excluding diaryl/α,β-unsaturated/α-hetero) is 4. The molecule has 71 heavy (non-hydrogen) atoms. The number of amides is 6. The molecular formula is C50H62N10O9S2. The van der Waals surface area contributed by atoms with Crippen LogP contribution in [-0.4, -0.2) is 122 Å². The lowest BCUT2D eigenvalue weighted by Crippen LogP contribution is -2.54. The lowest BCUT2D eigenvalue weighted by Gasteiger charge is -2.26. The molecule has 2 aromatic carbocycles. The number of hydrogen-bond donors (Lipinski definition) is 7. The highest BCUT2D eigenvalue weighted by Gasteiger charge is 2.44. The maximum atomic E-state index is 14.7. The first-order chi connectivity index (χ1) is 34.0. The quantitative estimate of drug-likeness (QED) is 0.0452. The Morgan fingerprint density at radius 1 is 0.746 bits per heavy atom. The van der Waals surface area contributed by atoms with E-state index in [1.165, 1.54) is 44.1 Å². The van der Waals surface area contributed by atoms with E-state index in [0.717, 1.165) is 32.4 Å². The normalized spacial score (nSPS) is 25.6. The summed E-state index contributed by atoms with van der Waals surface area (Å²) in [6, 6.07) is 10.1. The van der Waals surface area contributed by atoms with E-state index in [1.54, 1.807) is 30.3 Å². The predicted molar refractivity (Wildman–Crippen MR) is 270 cm³/mol. The fourth-order valence-electron chi connectivity index (χ4n) is 8.81. The molecule has 2 saturated heterocycles. The smallest absolute Gasteiger partial charge is 0.325 e. The number of nitrogens with one attached hydrogen (secondary N) is 5. The van der Waals surface area contributed by atoms with Gasteiger partial charge in [0.15, 0.2) is 23.3 Å². The van der Waals surface area contributed by atoms with Crippen LogP contribution in [0.25, 0.3) is 5.57 Å². The SMILES string of the molecule is CC(=O)[C@@H]1CSSC[C@H](N2C(=O)N[C@H](C)C2=O)C(=O)N[C@H](C)C(=O)C[C@@H](Cc2cnc[nH]2)C(=O)N[C@H](Cc2ccccc2)C(=O)C[C@@H](CCCN=C(N)N)C(=O)N[C@@H](CC2=CCc3ccccc32)C(=O)C1. The average Bonchev–Trinajstić information content (AvgIpc) is 4.07. The Bertz CT molecular complexity index is 2520.